The minimum atomic E-state index is -0.166. The molecular weight excluding hydrogens is 216 g/mol. The minimum absolute atomic E-state index is 0.134. The lowest BCUT2D eigenvalue weighted by atomic mass is 10.1. The smallest absolute Gasteiger partial charge is 0.138 e. The van der Waals surface area contributed by atoms with Crippen LogP contribution in [-0.4, -0.2) is 23.8 Å². The molecule has 0 aliphatic carbocycles. The molecule has 17 heavy (non-hydrogen) atoms. The SMILES string of the molecule is CC(C)OCC(N)c1cncc(OC(C)C)c1. The van der Waals surface area contributed by atoms with E-state index in [4.69, 9.17) is 15.2 Å². The third kappa shape index (κ3) is 5.15. The lowest BCUT2D eigenvalue weighted by molar-refractivity contribution is 0.0682. The van der Waals surface area contributed by atoms with Gasteiger partial charge in [-0.15, -0.1) is 0 Å². The number of ether oxygens (including phenoxy) is 2. The highest BCUT2D eigenvalue weighted by molar-refractivity contribution is 5.26. The fourth-order valence-corrected chi connectivity index (χ4v) is 1.37. The van der Waals surface area contributed by atoms with Crippen LogP contribution < -0.4 is 10.5 Å². The molecule has 1 rings (SSSR count). The summed E-state index contributed by atoms with van der Waals surface area (Å²) in [6.07, 6.45) is 3.76. The average molecular weight is 238 g/mol. The Hall–Kier alpha value is -1.13. The third-order valence-corrected chi connectivity index (χ3v) is 2.14. The van der Waals surface area contributed by atoms with Crippen molar-refractivity contribution in [3.05, 3.63) is 24.0 Å². The van der Waals surface area contributed by atoms with Crippen LogP contribution in [0.2, 0.25) is 0 Å². The van der Waals surface area contributed by atoms with Crippen molar-refractivity contribution >= 4 is 0 Å². The van der Waals surface area contributed by atoms with Crippen LogP contribution in [0.3, 0.4) is 0 Å². The summed E-state index contributed by atoms with van der Waals surface area (Å²) in [5.74, 6) is 0.748. The topological polar surface area (TPSA) is 57.4 Å². The molecule has 0 saturated carbocycles. The molecule has 4 heteroatoms. The maximum atomic E-state index is 6.02. The van der Waals surface area contributed by atoms with E-state index in [1.165, 1.54) is 0 Å². The average Bonchev–Trinajstić information content (AvgIpc) is 2.25. The number of nitrogens with zero attached hydrogens (tertiary/aromatic N) is 1. The molecule has 1 aromatic heterocycles. The molecule has 0 spiro atoms. The summed E-state index contributed by atoms with van der Waals surface area (Å²) in [4.78, 5) is 4.13. The zero-order valence-electron chi connectivity index (χ0n) is 11.0. The van der Waals surface area contributed by atoms with Gasteiger partial charge in [0.25, 0.3) is 0 Å². The van der Waals surface area contributed by atoms with Gasteiger partial charge in [-0.05, 0) is 39.3 Å². The second-order valence-corrected chi connectivity index (χ2v) is 4.61. The molecule has 4 nitrogen and oxygen atoms in total. The molecule has 0 fully saturated rings. The number of aromatic nitrogens is 1. The van der Waals surface area contributed by atoms with Crippen molar-refractivity contribution in [2.75, 3.05) is 6.61 Å². The standard InChI is InChI=1S/C13H22N2O2/c1-9(2)16-8-13(14)11-5-12(7-15-6-11)17-10(3)4/h5-7,9-10,13H,8,14H2,1-4H3. The van der Waals surface area contributed by atoms with Gasteiger partial charge in [0.05, 0.1) is 31.1 Å². The molecule has 1 atom stereocenters. The van der Waals surface area contributed by atoms with Crippen LogP contribution >= 0.6 is 0 Å². The van der Waals surface area contributed by atoms with Gasteiger partial charge < -0.3 is 15.2 Å². The van der Waals surface area contributed by atoms with Gasteiger partial charge in [0.2, 0.25) is 0 Å². The monoisotopic (exact) mass is 238 g/mol. The highest BCUT2D eigenvalue weighted by atomic mass is 16.5. The van der Waals surface area contributed by atoms with Gasteiger partial charge in [0.1, 0.15) is 5.75 Å². The fraction of sp³-hybridized carbons (Fsp3) is 0.615. The second kappa shape index (κ2) is 6.57. The van der Waals surface area contributed by atoms with Crippen molar-refractivity contribution in [2.45, 2.75) is 45.9 Å². The summed E-state index contributed by atoms with van der Waals surface area (Å²) >= 11 is 0. The Balaban J connectivity index is 2.63. The van der Waals surface area contributed by atoms with Crippen LogP contribution in [0.1, 0.15) is 39.3 Å². The molecule has 1 heterocycles. The summed E-state index contributed by atoms with van der Waals surface area (Å²) in [5.41, 5.74) is 6.96. The van der Waals surface area contributed by atoms with Gasteiger partial charge in [-0.2, -0.15) is 0 Å². The Labute approximate surface area is 103 Å². The molecule has 0 bridgehead atoms. The van der Waals surface area contributed by atoms with E-state index in [-0.39, 0.29) is 18.2 Å². The molecule has 0 aliphatic heterocycles. The van der Waals surface area contributed by atoms with Crippen LogP contribution in [0.4, 0.5) is 0 Å². The number of rotatable bonds is 6. The highest BCUT2D eigenvalue weighted by Crippen LogP contribution is 2.17. The maximum absolute atomic E-state index is 6.02. The van der Waals surface area contributed by atoms with E-state index < -0.39 is 0 Å². The van der Waals surface area contributed by atoms with Crippen LogP contribution in [-0.2, 0) is 4.74 Å². The molecule has 0 amide bonds. The zero-order valence-corrected chi connectivity index (χ0v) is 11.0. The van der Waals surface area contributed by atoms with Crippen LogP contribution in [0, 0.1) is 0 Å². The maximum Gasteiger partial charge on any atom is 0.138 e. The third-order valence-electron chi connectivity index (χ3n) is 2.14. The quantitative estimate of drug-likeness (QED) is 0.826. The minimum Gasteiger partial charge on any atom is -0.489 e. The van der Waals surface area contributed by atoms with Gasteiger partial charge >= 0.3 is 0 Å². The first-order valence-corrected chi connectivity index (χ1v) is 5.97. The molecule has 0 radical (unpaired) electrons. The normalized spacial score (nSPS) is 13.1. The predicted molar refractivity (Wildman–Crippen MR) is 68.0 cm³/mol. The summed E-state index contributed by atoms with van der Waals surface area (Å²) in [6.45, 7) is 8.43. The van der Waals surface area contributed by atoms with Crippen molar-refractivity contribution in [1.82, 2.24) is 4.98 Å². The van der Waals surface area contributed by atoms with Crippen molar-refractivity contribution < 1.29 is 9.47 Å². The number of pyridine rings is 1. The van der Waals surface area contributed by atoms with Gasteiger partial charge in [0.15, 0.2) is 0 Å². The summed E-state index contributed by atoms with van der Waals surface area (Å²) in [7, 11) is 0. The molecule has 0 aliphatic rings. The molecule has 2 N–H and O–H groups in total. The van der Waals surface area contributed by atoms with Gasteiger partial charge in [0, 0.05) is 6.20 Å². The molecule has 0 aromatic carbocycles. The van der Waals surface area contributed by atoms with E-state index in [0.717, 1.165) is 11.3 Å². The first-order valence-electron chi connectivity index (χ1n) is 5.97. The first-order chi connectivity index (χ1) is 7.99. The Kier molecular flexibility index (Phi) is 5.38. The Morgan fingerprint density at radius 3 is 2.47 bits per heavy atom. The van der Waals surface area contributed by atoms with E-state index in [2.05, 4.69) is 4.98 Å². The molecule has 1 unspecified atom stereocenters. The van der Waals surface area contributed by atoms with Crippen LogP contribution in [0.25, 0.3) is 0 Å². The number of hydrogen-bond donors (Lipinski definition) is 1. The van der Waals surface area contributed by atoms with Crippen molar-refractivity contribution in [2.24, 2.45) is 5.73 Å². The lowest BCUT2D eigenvalue weighted by Crippen LogP contribution is -2.20. The number of nitrogens with two attached hydrogens (primary N) is 1. The van der Waals surface area contributed by atoms with Crippen molar-refractivity contribution in [3.63, 3.8) is 0 Å². The molecule has 0 saturated heterocycles. The molecular formula is C13H22N2O2. The molecule has 96 valence electrons. The summed E-state index contributed by atoms with van der Waals surface area (Å²) < 4.78 is 11.1. The van der Waals surface area contributed by atoms with Gasteiger partial charge in [-0.25, -0.2) is 0 Å². The number of hydrogen-bond acceptors (Lipinski definition) is 4. The van der Waals surface area contributed by atoms with E-state index in [0.29, 0.717) is 6.61 Å². The Morgan fingerprint density at radius 2 is 1.88 bits per heavy atom. The van der Waals surface area contributed by atoms with E-state index in [1.54, 1.807) is 12.4 Å². The Bertz CT molecular complexity index is 340. The van der Waals surface area contributed by atoms with Gasteiger partial charge in [-0.3, -0.25) is 4.98 Å². The Morgan fingerprint density at radius 1 is 1.18 bits per heavy atom. The predicted octanol–water partition coefficient (Wildman–Crippen LogP) is 2.29. The van der Waals surface area contributed by atoms with Crippen LogP contribution in [0.15, 0.2) is 18.5 Å². The first kappa shape index (κ1) is 13.9. The van der Waals surface area contributed by atoms with Crippen molar-refractivity contribution in [3.8, 4) is 5.75 Å². The van der Waals surface area contributed by atoms with Crippen molar-refractivity contribution in [1.29, 1.82) is 0 Å². The largest absolute Gasteiger partial charge is 0.489 e. The summed E-state index contributed by atoms with van der Waals surface area (Å²) in [6, 6.07) is 1.75. The second-order valence-electron chi connectivity index (χ2n) is 4.61. The summed E-state index contributed by atoms with van der Waals surface area (Å²) in [5, 5.41) is 0. The zero-order chi connectivity index (χ0) is 12.8. The molecule has 1 aromatic rings. The van der Waals surface area contributed by atoms with E-state index >= 15 is 0 Å². The lowest BCUT2D eigenvalue weighted by Gasteiger charge is -2.16. The highest BCUT2D eigenvalue weighted by Gasteiger charge is 2.09. The van der Waals surface area contributed by atoms with Gasteiger partial charge in [-0.1, -0.05) is 0 Å². The van der Waals surface area contributed by atoms with E-state index in [9.17, 15) is 0 Å². The fourth-order valence-electron chi connectivity index (χ4n) is 1.37. The van der Waals surface area contributed by atoms with E-state index in [1.807, 2.05) is 33.8 Å². The van der Waals surface area contributed by atoms with Crippen LogP contribution in [0.5, 0.6) is 5.75 Å².